The molecule has 0 radical (unpaired) electrons. The zero-order valence-electron chi connectivity index (χ0n) is 9.27. The zero-order valence-corrected chi connectivity index (χ0v) is 9.27. The summed E-state index contributed by atoms with van der Waals surface area (Å²) in [6.45, 7) is 3.93. The van der Waals surface area contributed by atoms with Crippen LogP contribution in [0.3, 0.4) is 0 Å². The molecule has 0 aliphatic heterocycles. The molecule has 1 rings (SSSR count). The molecule has 4 nitrogen and oxygen atoms in total. The second kappa shape index (κ2) is 5.80. The van der Waals surface area contributed by atoms with E-state index >= 15 is 0 Å². The van der Waals surface area contributed by atoms with Crippen molar-refractivity contribution in [3.05, 3.63) is 36.1 Å². The summed E-state index contributed by atoms with van der Waals surface area (Å²) < 4.78 is 10.5. The average Bonchev–Trinajstić information content (AvgIpc) is 2.26. The Morgan fingerprint density at radius 2 is 2.12 bits per heavy atom. The molecule has 86 valence electrons. The van der Waals surface area contributed by atoms with Crippen LogP contribution < -0.4 is 9.47 Å². The molecule has 0 bridgehead atoms. The predicted molar refractivity (Wildman–Crippen MR) is 59.6 cm³/mol. The minimum Gasteiger partial charge on any atom is -0.494 e. The zero-order chi connectivity index (χ0) is 12.0. The quantitative estimate of drug-likeness (QED) is 0.614. The van der Waals surface area contributed by atoms with Gasteiger partial charge in [-0.1, -0.05) is 6.07 Å². The summed E-state index contributed by atoms with van der Waals surface area (Å²) in [4.78, 5) is 10.5. The maximum absolute atomic E-state index is 10.5. The van der Waals surface area contributed by atoms with Gasteiger partial charge < -0.3 is 14.6 Å². The van der Waals surface area contributed by atoms with Crippen LogP contribution in [0.5, 0.6) is 11.5 Å². The van der Waals surface area contributed by atoms with E-state index in [4.69, 9.17) is 14.6 Å². The summed E-state index contributed by atoms with van der Waals surface area (Å²) in [5, 5.41) is 8.63. The Bertz CT molecular complexity index is 396. The molecule has 0 aliphatic carbocycles. The Labute approximate surface area is 94.1 Å². The molecule has 16 heavy (non-hydrogen) atoms. The fraction of sp³-hybridized carbons (Fsp3) is 0.250. The second-order valence-corrected chi connectivity index (χ2v) is 3.13. The molecule has 0 aromatic heterocycles. The van der Waals surface area contributed by atoms with Gasteiger partial charge in [0, 0.05) is 6.07 Å². The van der Waals surface area contributed by atoms with Crippen molar-refractivity contribution in [2.45, 2.75) is 13.8 Å². The molecular weight excluding hydrogens is 208 g/mol. The number of rotatable bonds is 5. The van der Waals surface area contributed by atoms with Gasteiger partial charge in [0.2, 0.25) is 0 Å². The van der Waals surface area contributed by atoms with Gasteiger partial charge in [-0.3, -0.25) is 0 Å². The maximum atomic E-state index is 10.5. The highest BCUT2D eigenvalue weighted by Gasteiger charge is 2.00. The van der Waals surface area contributed by atoms with Gasteiger partial charge in [-0.05, 0) is 26.0 Å². The van der Waals surface area contributed by atoms with Gasteiger partial charge >= 0.3 is 5.97 Å². The number of carboxylic acids is 1. The number of carboxylic acid groups (broad SMARTS) is 1. The maximum Gasteiger partial charge on any atom is 0.334 e. The van der Waals surface area contributed by atoms with Gasteiger partial charge in [0.15, 0.2) is 0 Å². The Morgan fingerprint density at radius 1 is 1.44 bits per heavy atom. The standard InChI is InChI=1S/C12H14O4/c1-3-15-10-5-4-6-11(7-10)16-8-9(2)12(13)14/h4-8H,3H2,1-2H3,(H,13,14)/b9-8+. The molecule has 0 amide bonds. The van der Waals surface area contributed by atoms with Crippen molar-refractivity contribution < 1.29 is 19.4 Å². The van der Waals surface area contributed by atoms with E-state index in [2.05, 4.69) is 0 Å². The number of hydrogen-bond acceptors (Lipinski definition) is 3. The molecule has 1 aromatic rings. The Morgan fingerprint density at radius 3 is 2.75 bits per heavy atom. The number of ether oxygens (including phenoxy) is 2. The van der Waals surface area contributed by atoms with E-state index in [-0.39, 0.29) is 5.57 Å². The first-order chi connectivity index (χ1) is 7.63. The van der Waals surface area contributed by atoms with E-state index < -0.39 is 5.97 Å². The van der Waals surface area contributed by atoms with E-state index in [9.17, 15) is 4.79 Å². The molecule has 0 saturated carbocycles. The van der Waals surface area contributed by atoms with Crippen molar-refractivity contribution in [3.8, 4) is 11.5 Å². The first-order valence-electron chi connectivity index (χ1n) is 4.93. The van der Waals surface area contributed by atoms with E-state index in [0.29, 0.717) is 18.1 Å². The molecular formula is C12H14O4. The van der Waals surface area contributed by atoms with Crippen molar-refractivity contribution in [2.75, 3.05) is 6.61 Å². The lowest BCUT2D eigenvalue weighted by Gasteiger charge is -2.05. The van der Waals surface area contributed by atoms with Crippen LogP contribution in [0.25, 0.3) is 0 Å². The fourth-order valence-corrected chi connectivity index (χ4v) is 1.01. The molecule has 0 atom stereocenters. The minimum atomic E-state index is -0.999. The highest BCUT2D eigenvalue weighted by Crippen LogP contribution is 2.19. The summed E-state index contributed by atoms with van der Waals surface area (Å²) >= 11 is 0. The van der Waals surface area contributed by atoms with Crippen LogP contribution in [0, 0.1) is 0 Å². The van der Waals surface area contributed by atoms with Crippen molar-refractivity contribution in [3.63, 3.8) is 0 Å². The summed E-state index contributed by atoms with van der Waals surface area (Å²) in [5.41, 5.74) is 0.141. The van der Waals surface area contributed by atoms with Gasteiger partial charge in [0.05, 0.1) is 12.2 Å². The Hall–Kier alpha value is -1.97. The Kier molecular flexibility index (Phi) is 4.39. The SMILES string of the molecule is CCOc1cccc(O/C=C(\C)C(=O)O)c1. The predicted octanol–water partition coefficient (Wildman–Crippen LogP) is 2.45. The van der Waals surface area contributed by atoms with Crippen LogP contribution in [-0.2, 0) is 4.79 Å². The largest absolute Gasteiger partial charge is 0.494 e. The molecule has 0 fully saturated rings. The van der Waals surface area contributed by atoms with Crippen LogP contribution in [0.1, 0.15) is 13.8 Å². The van der Waals surface area contributed by atoms with E-state index in [0.717, 1.165) is 0 Å². The van der Waals surface area contributed by atoms with Crippen molar-refractivity contribution in [2.24, 2.45) is 0 Å². The molecule has 0 unspecified atom stereocenters. The summed E-state index contributed by atoms with van der Waals surface area (Å²) in [6.07, 6.45) is 1.20. The van der Waals surface area contributed by atoms with Gasteiger partial charge in [0.1, 0.15) is 17.8 Å². The van der Waals surface area contributed by atoms with Crippen LogP contribution in [0.2, 0.25) is 0 Å². The average molecular weight is 222 g/mol. The minimum absolute atomic E-state index is 0.141. The van der Waals surface area contributed by atoms with Gasteiger partial charge in [0.25, 0.3) is 0 Å². The summed E-state index contributed by atoms with van der Waals surface area (Å²) in [5.74, 6) is 0.244. The summed E-state index contributed by atoms with van der Waals surface area (Å²) in [7, 11) is 0. The van der Waals surface area contributed by atoms with Crippen molar-refractivity contribution in [1.29, 1.82) is 0 Å². The van der Waals surface area contributed by atoms with E-state index in [1.807, 2.05) is 13.0 Å². The molecule has 0 spiro atoms. The smallest absolute Gasteiger partial charge is 0.334 e. The molecule has 1 N–H and O–H groups in total. The van der Waals surface area contributed by atoms with Gasteiger partial charge in [-0.25, -0.2) is 4.79 Å². The molecule has 4 heteroatoms. The molecule has 0 heterocycles. The van der Waals surface area contributed by atoms with E-state index in [1.54, 1.807) is 18.2 Å². The first-order valence-corrected chi connectivity index (χ1v) is 4.93. The monoisotopic (exact) mass is 222 g/mol. The van der Waals surface area contributed by atoms with Crippen LogP contribution in [0.4, 0.5) is 0 Å². The molecule has 1 aromatic carbocycles. The van der Waals surface area contributed by atoms with E-state index in [1.165, 1.54) is 13.2 Å². The molecule has 0 saturated heterocycles. The fourth-order valence-electron chi connectivity index (χ4n) is 1.01. The third-order valence-electron chi connectivity index (χ3n) is 1.83. The van der Waals surface area contributed by atoms with Crippen LogP contribution >= 0.6 is 0 Å². The number of benzene rings is 1. The summed E-state index contributed by atoms with van der Waals surface area (Å²) in [6, 6.07) is 7.03. The third-order valence-corrected chi connectivity index (χ3v) is 1.83. The van der Waals surface area contributed by atoms with Crippen LogP contribution in [0.15, 0.2) is 36.1 Å². The lowest BCUT2D eigenvalue weighted by Crippen LogP contribution is -1.98. The number of aliphatic carboxylic acids is 1. The van der Waals surface area contributed by atoms with Crippen LogP contribution in [-0.4, -0.2) is 17.7 Å². The number of hydrogen-bond donors (Lipinski definition) is 1. The van der Waals surface area contributed by atoms with Gasteiger partial charge in [-0.2, -0.15) is 0 Å². The second-order valence-electron chi connectivity index (χ2n) is 3.13. The van der Waals surface area contributed by atoms with Crippen molar-refractivity contribution in [1.82, 2.24) is 0 Å². The lowest BCUT2D eigenvalue weighted by atomic mass is 10.3. The normalized spacial score (nSPS) is 11.0. The Balaban J connectivity index is 2.70. The number of carbonyl (C=O) groups is 1. The third kappa shape index (κ3) is 3.65. The van der Waals surface area contributed by atoms with Gasteiger partial charge in [-0.15, -0.1) is 0 Å². The van der Waals surface area contributed by atoms with Crippen molar-refractivity contribution >= 4 is 5.97 Å². The topological polar surface area (TPSA) is 55.8 Å². The highest BCUT2D eigenvalue weighted by atomic mass is 16.5. The lowest BCUT2D eigenvalue weighted by molar-refractivity contribution is -0.132. The highest BCUT2D eigenvalue weighted by molar-refractivity contribution is 5.85. The first kappa shape index (κ1) is 12.1. The molecule has 0 aliphatic rings.